The predicted octanol–water partition coefficient (Wildman–Crippen LogP) is 5.38. The minimum Gasteiger partial charge on any atom is -0.495 e. The second-order valence-electron chi connectivity index (χ2n) is 8.40. The zero-order valence-electron chi connectivity index (χ0n) is 18.0. The van der Waals surface area contributed by atoms with Gasteiger partial charge in [0.15, 0.2) is 0 Å². The standard InChI is InChI=1S/C23H28ClNO4S/c1-16(2)14-25(30(26,27)22-13-19(24)7-9-21(22)28-5)15-17-6-8-20-18(12-17)10-11-23(3,4)29-20/h6-13,16H,14-15H2,1-5H3. The molecule has 1 heterocycles. The van der Waals surface area contributed by atoms with Gasteiger partial charge in [-0.25, -0.2) is 8.42 Å². The molecule has 0 saturated carbocycles. The minimum absolute atomic E-state index is 0.0705. The number of halogens is 1. The number of methoxy groups -OCH3 is 1. The Morgan fingerprint density at radius 3 is 2.57 bits per heavy atom. The van der Waals surface area contributed by atoms with Gasteiger partial charge in [0.2, 0.25) is 10.0 Å². The van der Waals surface area contributed by atoms with Crippen LogP contribution in [0, 0.1) is 5.92 Å². The van der Waals surface area contributed by atoms with Gasteiger partial charge in [0.25, 0.3) is 0 Å². The maximum atomic E-state index is 13.5. The highest BCUT2D eigenvalue weighted by Gasteiger charge is 2.29. The molecule has 0 N–H and O–H groups in total. The van der Waals surface area contributed by atoms with Crippen LogP contribution >= 0.6 is 11.6 Å². The average Bonchev–Trinajstić information content (AvgIpc) is 2.66. The maximum Gasteiger partial charge on any atom is 0.247 e. The van der Waals surface area contributed by atoms with Gasteiger partial charge in [-0.1, -0.05) is 37.6 Å². The Balaban J connectivity index is 1.97. The molecule has 0 fully saturated rings. The smallest absolute Gasteiger partial charge is 0.247 e. The van der Waals surface area contributed by atoms with E-state index >= 15 is 0 Å². The number of benzene rings is 2. The molecule has 0 atom stereocenters. The fourth-order valence-corrected chi connectivity index (χ4v) is 5.39. The van der Waals surface area contributed by atoms with Gasteiger partial charge in [-0.3, -0.25) is 0 Å². The fraction of sp³-hybridized carbons (Fsp3) is 0.391. The van der Waals surface area contributed by atoms with Crippen LogP contribution in [0.3, 0.4) is 0 Å². The Morgan fingerprint density at radius 2 is 1.90 bits per heavy atom. The molecule has 0 radical (unpaired) electrons. The first-order valence-corrected chi connectivity index (χ1v) is 11.7. The zero-order chi connectivity index (χ0) is 22.1. The van der Waals surface area contributed by atoms with E-state index < -0.39 is 10.0 Å². The summed E-state index contributed by atoms with van der Waals surface area (Å²) < 4.78 is 39.8. The number of hydrogen-bond donors (Lipinski definition) is 0. The molecule has 0 saturated heterocycles. The minimum atomic E-state index is -3.82. The van der Waals surface area contributed by atoms with Crippen molar-refractivity contribution >= 4 is 27.7 Å². The summed E-state index contributed by atoms with van der Waals surface area (Å²) in [6, 6.07) is 10.4. The summed E-state index contributed by atoms with van der Waals surface area (Å²) in [5.74, 6) is 1.21. The third-order valence-corrected chi connectivity index (χ3v) is 6.85. The molecule has 0 amide bonds. The van der Waals surface area contributed by atoms with Crippen molar-refractivity contribution in [1.29, 1.82) is 0 Å². The van der Waals surface area contributed by atoms with Gasteiger partial charge in [0.05, 0.1) is 7.11 Å². The monoisotopic (exact) mass is 449 g/mol. The van der Waals surface area contributed by atoms with Gasteiger partial charge in [-0.05, 0) is 61.7 Å². The molecule has 1 aliphatic rings. The Morgan fingerprint density at radius 1 is 1.17 bits per heavy atom. The van der Waals surface area contributed by atoms with E-state index in [4.69, 9.17) is 21.1 Å². The first-order valence-electron chi connectivity index (χ1n) is 9.87. The zero-order valence-corrected chi connectivity index (χ0v) is 19.5. The van der Waals surface area contributed by atoms with Crippen molar-refractivity contribution in [2.24, 2.45) is 5.92 Å². The highest BCUT2D eigenvalue weighted by atomic mass is 35.5. The topological polar surface area (TPSA) is 55.8 Å². The van der Waals surface area contributed by atoms with E-state index in [1.807, 2.05) is 58.0 Å². The van der Waals surface area contributed by atoms with Gasteiger partial charge in [0.1, 0.15) is 22.0 Å². The van der Waals surface area contributed by atoms with Crippen LogP contribution in [-0.4, -0.2) is 32.0 Å². The highest BCUT2D eigenvalue weighted by molar-refractivity contribution is 7.89. The quantitative estimate of drug-likeness (QED) is 0.569. The summed E-state index contributed by atoms with van der Waals surface area (Å²) in [5, 5.41) is 0.345. The molecule has 1 aliphatic heterocycles. The van der Waals surface area contributed by atoms with Crippen molar-refractivity contribution in [3.05, 3.63) is 58.6 Å². The molecular formula is C23H28ClNO4S. The Kier molecular flexibility index (Phi) is 6.51. The normalized spacial score (nSPS) is 15.2. The molecule has 0 bridgehead atoms. The van der Waals surface area contributed by atoms with E-state index in [-0.39, 0.29) is 28.7 Å². The van der Waals surface area contributed by atoms with E-state index in [9.17, 15) is 8.42 Å². The van der Waals surface area contributed by atoms with Gasteiger partial charge in [0, 0.05) is 23.7 Å². The lowest BCUT2D eigenvalue weighted by Crippen LogP contribution is -2.34. The summed E-state index contributed by atoms with van der Waals surface area (Å²) in [6.07, 6.45) is 4.02. The van der Waals surface area contributed by atoms with Crippen molar-refractivity contribution in [2.75, 3.05) is 13.7 Å². The molecule has 0 unspecified atom stereocenters. The van der Waals surface area contributed by atoms with Crippen LogP contribution in [0.25, 0.3) is 6.08 Å². The molecule has 0 aromatic heterocycles. The van der Waals surface area contributed by atoms with Crippen LogP contribution in [0.4, 0.5) is 0 Å². The van der Waals surface area contributed by atoms with E-state index in [2.05, 4.69) is 0 Å². The lowest BCUT2D eigenvalue weighted by Gasteiger charge is -2.29. The van der Waals surface area contributed by atoms with Crippen LogP contribution in [-0.2, 0) is 16.6 Å². The van der Waals surface area contributed by atoms with Crippen LogP contribution in [0.1, 0.15) is 38.8 Å². The summed E-state index contributed by atoms with van der Waals surface area (Å²) in [6.45, 7) is 8.58. The third kappa shape index (κ3) is 4.99. The SMILES string of the molecule is COc1ccc(Cl)cc1S(=O)(=O)N(Cc1ccc2c(c1)C=CC(C)(C)O2)CC(C)C. The Bertz CT molecular complexity index is 1060. The second kappa shape index (κ2) is 8.61. The number of rotatable bonds is 7. The van der Waals surface area contributed by atoms with Gasteiger partial charge in [-0.2, -0.15) is 4.31 Å². The van der Waals surface area contributed by atoms with Crippen molar-refractivity contribution < 1.29 is 17.9 Å². The van der Waals surface area contributed by atoms with Crippen LogP contribution in [0.15, 0.2) is 47.4 Å². The molecule has 2 aromatic rings. The van der Waals surface area contributed by atoms with Crippen LogP contribution < -0.4 is 9.47 Å². The molecule has 30 heavy (non-hydrogen) atoms. The second-order valence-corrected chi connectivity index (χ2v) is 10.7. The lowest BCUT2D eigenvalue weighted by molar-refractivity contribution is 0.159. The van der Waals surface area contributed by atoms with E-state index in [0.717, 1.165) is 16.9 Å². The Labute approximate surface area is 184 Å². The van der Waals surface area contributed by atoms with Crippen LogP contribution in [0.2, 0.25) is 5.02 Å². The summed E-state index contributed by atoms with van der Waals surface area (Å²) >= 11 is 6.09. The van der Waals surface area contributed by atoms with Gasteiger partial charge < -0.3 is 9.47 Å². The fourth-order valence-electron chi connectivity index (χ4n) is 3.38. The molecule has 162 valence electrons. The summed E-state index contributed by atoms with van der Waals surface area (Å²) in [7, 11) is -2.37. The van der Waals surface area contributed by atoms with Crippen molar-refractivity contribution in [3.8, 4) is 11.5 Å². The molecule has 7 heteroatoms. The third-order valence-electron chi connectivity index (χ3n) is 4.78. The van der Waals surface area contributed by atoms with Gasteiger partial charge in [-0.15, -0.1) is 0 Å². The first kappa shape index (κ1) is 22.7. The van der Waals surface area contributed by atoms with E-state index in [0.29, 0.717) is 11.6 Å². The number of hydrogen-bond acceptors (Lipinski definition) is 4. The molecule has 5 nitrogen and oxygen atoms in total. The number of ether oxygens (including phenoxy) is 2. The molecule has 2 aromatic carbocycles. The van der Waals surface area contributed by atoms with Crippen LogP contribution in [0.5, 0.6) is 11.5 Å². The number of fused-ring (bicyclic) bond motifs is 1. The molecule has 3 rings (SSSR count). The summed E-state index contributed by atoms with van der Waals surface area (Å²) in [4.78, 5) is 0.0705. The average molecular weight is 450 g/mol. The van der Waals surface area contributed by atoms with Gasteiger partial charge >= 0.3 is 0 Å². The summed E-state index contributed by atoms with van der Waals surface area (Å²) in [5.41, 5.74) is 1.46. The van der Waals surface area contributed by atoms with Crippen molar-refractivity contribution in [3.63, 3.8) is 0 Å². The largest absolute Gasteiger partial charge is 0.495 e. The molecule has 0 aliphatic carbocycles. The van der Waals surface area contributed by atoms with Crippen molar-refractivity contribution in [2.45, 2.75) is 44.7 Å². The number of nitrogens with zero attached hydrogens (tertiary/aromatic N) is 1. The van der Waals surface area contributed by atoms with E-state index in [1.165, 1.54) is 17.5 Å². The molecule has 0 spiro atoms. The first-order chi connectivity index (χ1) is 14.0. The maximum absolute atomic E-state index is 13.5. The lowest BCUT2D eigenvalue weighted by atomic mass is 10.0. The van der Waals surface area contributed by atoms with E-state index in [1.54, 1.807) is 12.1 Å². The highest BCUT2D eigenvalue weighted by Crippen LogP contribution is 2.34. The predicted molar refractivity (Wildman–Crippen MR) is 121 cm³/mol. The number of sulfonamides is 1. The Hall–Kier alpha value is -2.02. The molecular weight excluding hydrogens is 422 g/mol. The van der Waals surface area contributed by atoms with Crippen molar-refractivity contribution in [1.82, 2.24) is 4.31 Å².